The standard InChI is InChI=1S/C20H17ClN2O3/c1-13-4-3-5-14(2)19(13)23-18(24)12-26-20(25)16(11-22)10-15-6-8-17(21)9-7-15/h3-10H,12H2,1-2H3,(H,23,24)/b16-10-. The maximum absolute atomic E-state index is 12.0. The van der Waals surface area contributed by atoms with Gasteiger partial charge >= 0.3 is 5.97 Å². The van der Waals surface area contributed by atoms with Crippen LogP contribution in [0.25, 0.3) is 6.08 Å². The van der Waals surface area contributed by atoms with Crippen LogP contribution in [0, 0.1) is 25.2 Å². The van der Waals surface area contributed by atoms with Crippen molar-refractivity contribution < 1.29 is 14.3 Å². The number of rotatable bonds is 5. The molecule has 0 aromatic heterocycles. The molecule has 0 aliphatic carbocycles. The Hall–Kier alpha value is -3.10. The van der Waals surface area contributed by atoms with Gasteiger partial charge in [-0.05, 0) is 48.7 Å². The molecule has 132 valence electrons. The van der Waals surface area contributed by atoms with Gasteiger partial charge in [-0.2, -0.15) is 5.26 Å². The summed E-state index contributed by atoms with van der Waals surface area (Å²) in [6.07, 6.45) is 1.38. The number of carbonyl (C=O) groups is 2. The van der Waals surface area contributed by atoms with Gasteiger partial charge in [0.25, 0.3) is 5.91 Å². The summed E-state index contributed by atoms with van der Waals surface area (Å²) in [5, 5.41) is 12.4. The van der Waals surface area contributed by atoms with Crippen LogP contribution < -0.4 is 5.32 Å². The Bertz CT molecular complexity index is 876. The van der Waals surface area contributed by atoms with Gasteiger partial charge < -0.3 is 10.1 Å². The van der Waals surface area contributed by atoms with Crippen LogP contribution in [0.3, 0.4) is 0 Å². The van der Waals surface area contributed by atoms with E-state index in [1.54, 1.807) is 30.3 Å². The van der Waals surface area contributed by atoms with E-state index in [0.717, 1.165) is 11.1 Å². The molecule has 26 heavy (non-hydrogen) atoms. The van der Waals surface area contributed by atoms with E-state index < -0.39 is 18.5 Å². The minimum atomic E-state index is -0.862. The van der Waals surface area contributed by atoms with Crippen LogP contribution in [0.15, 0.2) is 48.0 Å². The lowest BCUT2D eigenvalue weighted by atomic mass is 10.1. The number of ether oxygens (including phenoxy) is 1. The van der Waals surface area contributed by atoms with Gasteiger partial charge in [-0.3, -0.25) is 4.79 Å². The third kappa shape index (κ3) is 5.20. The van der Waals surface area contributed by atoms with Crippen molar-refractivity contribution in [3.63, 3.8) is 0 Å². The number of carbonyl (C=O) groups excluding carboxylic acids is 2. The first-order chi connectivity index (χ1) is 12.4. The van der Waals surface area contributed by atoms with Crippen molar-refractivity contribution in [2.45, 2.75) is 13.8 Å². The molecule has 0 atom stereocenters. The summed E-state index contributed by atoms with van der Waals surface area (Å²) in [6.45, 7) is 3.26. The molecule has 0 saturated heterocycles. The molecule has 0 unspecified atom stereocenters. The molecule has 2 rings (SSSR count). The Balaban J connectivity index is 1.99. The van der Waals surface area contributed by atoms with Crippen LogP contribution in [0.4, 0.5) is 5.69 Å². The Morgan fingerprint density at radius 3 is 2.35 bits per heavy atom. The van der Waals surface area contributed by atoms with E-state index in [9.17, 15) is 9.59 Å². The highest BCUT2D eigenvalue weighted by atomic mass is 35.5. The minimum absolute atomic E-state index is 0.202. The molecule has 5 nitrogen and oxygen atoms in total. The van der Waals surface area contributed by atoms with Gasteiger partial charge in [0.15, 0.2) is 6.61 Å². The molecule has 0 aliphatic rings. The maximum Gasteiger partial charge on any atom is 0.349 e. The first-order valence-corrected chi connectivity index (χ1v) is 8.19. The molecular formula is C20H17ClN2O3. The fourth-order valence-corrected chi connectivity index (χ4v) is 2.38. The van der Waals surface area contributed by atoms with E-state index >= 15 is 0 Å². The first-order valence-electron chi connectivity index (χ1n) is 7.81. The number of aryl methyl sites for hydroxylation is 2. The molecular weight excluding hydrogens is 352 g/mol. The fourth-order valence-electron chi connectivity index (χ4n) is 2.26. The first kappa shape index (κ1) is 19.2. The lowest BCUT2D eigenvalue weighted by Crippen LogP contribution is -2.22. The summed E-state index contributed by atoms with van der Waals surface area (Å²) in [6, 6.07) is 14.0. The number of esters is 1. The summed E-state index contributed by atoms with van der Waals surface area (Å²) in [5.41, 5.74) is 2.93. The second kappa shape index (κ2) is 8.84. The number of nitrogens with zero attached hydrogens (tertiary/aromatic N) is 1. The summed E-state index contributed by atoms with van der Waals surface area (Å²) in [7, 11) is 0. The van der Waals surface area contributed by atoms with Gasteiger partial charge in [0, 0.05) is 10.7 Å². The number of hydrogen-bond acceptors (Lipinski definition) is 4. The number of nitrogens with one attached hydrogen (secondary N) is 1. The highest BCUT2D eigenvalue weighted by molar-refractivity contribution is 6.30. The van der Waals surface area contributed by atoms with E-state index in [1.807, 2.05) is 32.0 Å². The lowest BCUT2D eigenvalue weighted by molar-refractivity contribution is -0.142. The Kier molecular flexibility index (Phi) is 6.54. The largest absolute Gasteiger partial charge is 0.451 e. The zero-order valence-electron chi connectivity index (χ0n) is 14.4. The Labute approximate surface area is 156 Å². The van der Waals surface area contributed by atoms with E-state index in [2.05, 4.69) is 5.32 Å². The van der Waals surface area contributed by atoms with Crippen molar-refractivity contribution in [1.82, 2.24) is 0 Å². The molecule has 1 amide bonds. The molecule has 0 saturated carbocycles. The van der Waals surface area contributed by atoms with Crippen molar-refractivity contribution in [3.05, 3.63) is 69.8 Å². The van der Waals surface area contributed by atoms with Crippen molar-refractivity contribution in [2.24, 2.45) is 0 Å². The number of nitriles is 1. The van der Waals surface area contributed by atoms with Crippen molar-refractivity contribution >= 4 is 35.2 Å². The lowest BCUT2D eigenvalue weighted by Gasteiger charge is -2.11. The minimum Gasteiger partial charge on any atom is -0.451 e. The third-order valence-electron chi connectivity index (χ3n) is 3.60. The van der Waals surface area contributed by atoms with Crippen LogP contribution in [-0.4, -0.2) is 18.5 Å². The van der Waals surface area contributed by atoms with Crippen LogP contribution in [0.2, 0.25) is 5.02 Å². The van der Waals surface area contributed by atoms with Gasteiger partial charge in [-0.1, -0.05) is 41.9 Å². The molecule has 0 radical (unpaired) electrons. The van der Waals surface area contributed by atoms with Crippen LogP contribution in [0.1, 0.15) is 16.7 Å². The van der Waals surface area contributed by atoms with E-state index in [0.29, 0.717) is 16.3 Å². The van der Waals surface area contributed by atoms with Crippen molar-refractivity contribution in [2.75, 3.05) is 11.9 Å². The summed E-state index contributed by atoms with van der Waals surface area (Å²) in [5.74, 6) is -1.33. The van der Waals surface area contributed by atoms with Gasteiger partial charge in [0.05, 0.1) is 0 Å². The highest BCUT2D eigenvalue weighted by Gasteiger charge is 2.14. The molecule has 0 fully saturated rings. The molecule has 6 heteroatoms. The summed E-state index contributed by atoms with van der Waals surface area (Å²) >= 11 is 5.80. The van der Waals surface area contributed by atoms with Crippen molar-refractivity contribution in [3.8, 4) is 6.07 Å². The maximum atomic E-state index is 12.0. The number of benzene rings is 2. The van der Waals surface area contributed by atoms with Crippen LogP contribution in [-0.2, 0) is 14.3 Å². The fraction of sp³-hybridized carbons (Fsp3) is 0.150. The monoisotopic (exact) mass is 368 g/mol. The van der Waals surface area contributed by atoms with E-state index in [-0.39, 0.29) is 5.57 Å². The number of hydrogen-bond donors (Lipinski definition) is 1. The number of anilines is 1. The van der Waals surface area contributed by atoms with Gasteiger partial charge in [0.2, 0.25) is 0 Å². The van der Waals surface area contributed by atoms with Gasteiger partial charge in [-0.15, -0.1) is 0 Å². The van der Waals surface area contributed by atoms with Gasteiger partial charge in [0.1, 0.15) is 11.6 Å². The second-order valence-corrected chi connectivity index (χ2v) is 6.05. The predicted octanol–water partition coefficient (Wildman–Crippen LogP) is 4.05. The summed E-state index contributed by atoms with van der Waals surface area (Å²) < 4.78 is 4.94. The average molecular weight is 369 g/mol. The zero-order valence-corrected chi connectivity index (χ0v) is 15.1. The van der Waals surface area contributed by atoms with Crippen LogP contribution >= 0.6 is 11.6 Å². The molecule has 0 heterocycles. The molecule has 0 bridgehead atoms. The van der Waals surface area contributed by atoms with E-state index in [1.165, 1.54) is 6.08 Å². The number of para-hydroxylation sites is 1. The predicted molar refractivity (Wildman–Crippen MR) is 101 cm³/mol. The Morgan fingerprint density at radius 2 is 1.77 bits per heavy atom. The smallest absolute Gasteiger partial charge is 0.349 e. The van der Waals surface area contributed by atoms with Gasteiger partial charge in [-0.25, -0.2) is 4.79 Å². The number of halogens is 1. The number of amides is 1. The molecule has 0 aliphatic heterocycles. The molecule has 1 N–H and O–H groups in total. The van der Waals surface area contributed by atoms with Crippen LogP contribution in [0.5, 0.6) is 0 Å². The normalized spacial score (nSPS) is 10.8. The second-order valence-electron chi connectivity index (χ2n) is 5.61. The highest BCUT2D eigenvalue weighted by Crippen LogP contribution is 2.19. The zero-order chi connectivity index (χ0) is 19.1. The average Bonchev–Trinajstić information content (AvgIpc) is 2.62. The van der Waals surface area contributed by atoms with E-state index in [4.69, 9.17) is 21.6 Å². The quantitative estimate of drug-likeness (QED) is 0.490. The molecule has 0 spiro atoms. The summed E-state index contributed by atoms with van der Waals surface area (Å²) in [4.78, 5) is 24.0. The topological polar surface area (TPSA) is 79.2 Å². The SMILES string of the molecule is Cc1cccc(C)c1NC(=O)COC(=O)/C(C#N)=C\c1ccc(Cl)cc1. The molecule has 2 aromatic carbocycles. The third-order valence-corrected chi connectivity index (χ3v) is 3.85. The van der Waals surface area contributed by atoms with Crippen molar-refractivity contribution in [1.29, 1.82) is 5.26 Å². The molecule has 2 aromatic rings. The Morgan fingerprint density at radius 1 is 1.15 bits per heavy atom.